The fraction of sp³-hybridized carbons (Fsp3) is 0.222. The van der Waals surface area contributed by atoms with Crippen LogP contribution < -0.4 is 5.17 Å². The third-order valence-corrected chi connectivity index (χ3v) is 2.42. The maximum Gasteiger partial charge on any atom is 0.423 e. The van der Waals surface area contributed by atoms with Crippen LogP contribution in [0.1, 0.15) is 5.56 Å². The Morgan fingerprint density at radius 1 is 1.43 bits per heavy atom. The minimum Gasteiger partial charge on any atom is -0.313 e. The number of hydrogen-bond donors (Lipinski definition) is 0. The molecule has 0 amide bonds. The molecule has 1 heterocycles. The van der Waals surface area contributed by atoms with Gasteiger partial charge in [-0.15, -0.1) is 0 Å². The van der Waals surface area contributed by atoms with Gasteiger partial charge in [0.25, 0.3) is 5.69 Å². The molecule has 0 spiro atoms. The van der Waals surface area contributed by atoms with Crippen molar-refractivity contribution in [1.29, 1.82) is 0 Å². The zero-order valence-corrected chi connectivity index (χ0v) is 9.84. The van der Waals surface area contributed by atoms with Crippen molar-refractivity contribution >= 4 is 23.8 Å². The molecule has 114 valence electrons. The summed E-state index contributed by atoms with van der Waals surface area (Å²) in [4.78, 5) is 13.4. The molecule has 7 nitrogen and oxygen atoms in total. The summed E-state index contributed by atoms with van der Waals surface area (Å²) in [6.45, 7) is -0.272. The number of fused-ring (bicyclic) bond motifs is 1. The van der Waals surface area contributed by atoms with Gasteiger partial charge in [0.2, 0.25) is 5.69 Å². The van der Waals surface area contributed by atoms with Gasteiger partial charge in [0.15, 0.2) is 0 Å². The first kappa shape index (κ1) is 14.9. The van der Waals surface area contributed by atoms with E-state index in [1.165, 1.54) is 0 Å². The molecule has 21 heavy (non-hydrogen) atoms. The summed E-state index contributed by atoms with van der Waals surface area (Å²) in [7, 11) is 0. The van der Waals surface area contributed by atoms with Gasteiger partial charge in [-0.3, -0.25) is 15.3 Å². The maximum absolute atomic E-state index is 12.9. The van der Waals surface area contributed by atoms with Gasteiger partial charge in [-0.05, 0) is 0 Å². The zero-order chi connectivity index (χ0) is 15.9. The van der Waals surface area contributed by atoms with E-state index in [1.807, 2.05) is 0 Å². The van der Waals surface area contributed by atoms with E-state index in [-0.39, 0.29) is 11.2 Å². The van der Waals surface area contributed by atoms with E-state index >= 15 is 0 Å². The van der Waals surface area contributed by atoms with Crippen molar-refractivity contribution in [2.24, 2.45) is 0 Å². The molecule has 0 aliphatic carbocycles. The number of non-ortho nitro benzene ring substituents is 1. The molecule has 0 radical (unpaired) electrons. The second-order valence-electron chi connectivity index (χ2n) is 3.74. The van der Waals surface area contributed by atoms with E-state index in [0.717, 1.165) is 0 Å². The molecule has 0 saturated heterocycles. The number of rotatable bonds is 3. The minimum atomic E-state index is -4.97. The van der Waals surface area contributed by atoms with Gasteiger partial charge in [0.1, 0.15) is 18.0 Å². The number of benzene rings is 1. The Balaban J connectivity index is 2.65. The summed E-state index contributed by atoms with van der Waals surface area (Å²) in [5.41, 5.74) is -0.575. The highest BCUT2D eigenvalue weighted by molar-refractivity contribution is 5.74. The number of anilines is 1. The van der Waals surface area contributed by atoms with E-state index in [2.05, 4.69) is 17.1 Å². The van der Waals surface area contributed by atoms with Crippen LogP contribution >= 0.6 is 0 Å². The van der Waals surface area contributed by atoms with Crippen LogP contribution in [0.25, 0.3) is 5.53 Å². The van der Waals surface area contributed by atoms with Gasteiger partial charge in [-0.2, -0.15) is 22.0 Å². The lowest BCUT2D eigenvalue weighted by molar-refractivity contribution is -0.386. The Morgan fingerprint density at radius 3 is 2.52 bits per heavy atom. The molecular formula is C9H5F5N4O3. The number of halogens is 5. The lowest BCUT2D eigenvalue weighted by Gasteiger charge is -2.22. The van der Waals surface area contributed by atoms with Crippen LogP contribution in [-0.2, 0) is 11.0 Å². The highest BCUT2D eigenvalue weighted by Gasteiger charge is 2.43. The summed E-state index contributed by atoms with van der Waals surface area (Å²) in [6.07, 6.45) is -4.97. The van der Waals surface area contributed by atoms with Crippen LogP contribution in [0.5, 0.6) is 0 Å². The lowest BCUT2D eigenvalue weighted by atomic mass is 10.1. The second-order valence-corrected chi connectivity index (χ2v) is 3.74. The highest BCUT2D eigenvalue weighted by atomic mass is 19.4. The maximum atomic E-state index is 12.9. The molecule has 2 rings (SSSR count). The third kappa shape index (κ3) is 2.69. The molecule has 0 aromatic heterocycles. The molecule has 1 aromatic rings. The molecule has 0 N–H and O–H groups in total. The summed E-state index contributed by atoms with van der Waals surface area (Å²) in [5, 5.41) is 10.7. The number of hydrogen-bond acceptors (Lipinski definition) is 4. The molecule has 0 unspecified atom stereocenters. The molecule has 1 aromatic carbocycles. The van der Waals surface area contributed by atoms with Crippen LogP contribution in [0.15, 0.2) is 12.1 Å². The quantitative estimate of drug-likeness (QED) is 0.372. The summed E-state index contributed by atoms with van der Waals surface area (Å²) in [5.74, 6) is 0. The molecule has 0 atom stereocenters. The van der Waals surface area contributed by atoms with Gasteiger partial charge in [0.05, 0.1) is 4.92 Å². The van der Waals surface area contributed by atoms with Crippen molar-refractivity contribution in [1.82, 2.24) is 0 Å². The standard InChI is InChI=1S/C9H5F5N4O3/c1-16-7-5(9(12,13)14)2-4(18(19)20)3-6(7)17(15-16)21-8(10)11/h2-3,8H,1H2. The second kappa shape index (κ2) is 4.80. The predicted molar refractivity (Wildman–Crippen MR) is 58.1 cm³/mol. The Kier molecular flexibility index (Phi) is 3.41. The van der Waals surface area contributed by atoms with Gasteiger partial charge in [-0.1, -0.05) is 0 Å². The van der Waals surface area contributed by atoms with Gasteiger partial charge < -0.3 is 5.53 Å². The Hall–Kier alpha value is -2.50. The van der Waals surface area contributed by atoms with Crippen LogP contribution in [-0.4, -0.2) is 22.9 Å². The summed E-state index contributed by atoms with van der Waals surface area (Å²) in [6, 6.07) is 0.889. The van der Waals surface area contributed by atoms with Crippen molar-refractivity contribution in [3.8, 4) is 0 Å². The van der Waals surface area contributed by atoms with Gasteiger partial charge >= 0.3 is 12.8 Å². The fourth-order valence-electron chi connectivity index (χ4n) is 1.69. The number of nitro groups is 1. The van der Waals surface area contributed by atoms with Crippen LogP contribution in [0.3, 0.4) is 0 Å². The third-order valence-electron chi connectivity index (χ3n) is 2.42. The molecule has 1 aliphatic heterocycles. The number of nitrogens with zero attached hydrogens (tertiary/aromatic N) is 4. The van der Waals surface area contributed by atoms with Crippen LogP contribution in [0.4, 0.5) is 39.0 Å². The van der Waals surface area contributed by atoms with Crippen molar-refractivity contribution in [3.63, 3.8) is 0 Å². The van der Waals surface area contributed by atoms with Crippen LogP contribution in [0, 0.1) is 10.1 Å². The van der Waals surface area contributed by atoms with E-state index in [9.17, 15) is 32.1 Å². The van der Waals surface area contributed by atoms with Gasteiger partial charge in [0, 0.05) is 12.1 Å². The average Bonchev–Trinajstić information content (AvgIpc) is 2.63. The molecule has 0 saturated carbocycles. The zero-order valence-electron chi connectivity index (χ0n) is 9.84. The number of alkyl halides is 5. The molecular weight excluding hydrogens is 307 g/mol. The van der Waals surface area contributed by atoms with E-state index < -0.39 is 40.3 Å². The Bertz CT molecular complexity index is 618. The molecule has 0 bridgehead atoms. The first-order valence-electron chi connectivity index (χ1n) is 5.08. The largest absolute Gasteiger partial charge is 0.423 e. The van der Waals surface area contributed by atoms with Gasteiger partial charge in [-0.25, -0.2) is 9.52 Å². The Morgan fingerprint density at radius 2 is 2.05 bits per heavy atom. The topological polar surface area (TPSA) is 72.7 Å². The van der Waals surface area contributed by atoms with Crippen molar-refractivity contribution in [2.45, 2.75) is 12.8 Å². The normalized spacial score (nSPS) is 14.4. The monoisotopic (exact) mass is 312 g/mol. The Labute approximate surface area is 112 Å². The van der Waals surface area contributed by atoms with E-state index in [0.29, 0.717) is 10.8 Å². The van der Waals surface area contributed by atoms with Crippen molar-refractivity contribution in [3.05, 3.63) is 33.3 Å². The fourth-order valence-corrected chi connectivity index (χ4v) is 1.69. The van der Waals surface area contributed by atoms with E-state index in [1.54, 1.807) is 0 Å². The number of nitro benzene ring substituents is 1. The summed E-state index contributed by atoms with van der Waals surface area (Å²) < 4.78 is 63.5. The molecule has 12 heteroatoms. The lowest BCUT2D eigenvalue weighted by Crippen LogP contribution is -2.19. The predicted octanol–water partition coefficient (Wildman–Crippen LogP) is 3.14. The summed E-state index contributed by atoms with van der Waals surface area (Å²) >= 11 is 0. The SMILES string of the molecule is C=[N+]1[N-]N(OC(F)F)c2cc([N+](=O)[O-])cc(C(F)(F)F)c21. The van der Waals surface area contributed by atoms with Crippen molar-refractivity contribution in [2.75, 3.05) is 5.17 Å². The van der Waals surface area contributed by atoms with Crippen LogP contribution in [0.2, 0.25) is 0 Å². The average molecular weight is 312 g/mol. The molecule has 1 aliphatic rings. The van der Waals surface area contributed by atoms with Crippen molar-refractivity contribution < 1.29 is 36.4 Å². The first-order chi connectivity index (χ1) is 9.61. The highest BCUT2D eigenvalue weighted by Crippen LogP contribution is 2.49. The minimum absolute atomic E-state index is 0.0508. The first-order valence-corrected chi connectivity index (χ1v) is 5.08. The smallest absolute Gasteiger partial charge is 0.313 e. The molecule has 0 fully saturated rings. The van der Waals surface area contributed by atoms with E-state index in [4.69, 9.17) is 0 Å².